The number of fused-ring (bicyclic) bond motifs is 1. The minimum absolute atomic E-state index is 0.335. The van der Waals surface area contributed by atoms with Crippen molar-refractivity contribution in [1.82, 2.24) is 4.98 Å². The van der Waals surface area contributed by atoms with Crippen molar-refractivity contribution in [2.24, 2.45) is 5.73 Å². The van der Waals surface area contributed by atoms with Crippen LogP contribution in [0.15, 0.2) is 48.5 Å². The van der Waals surface area contributed by atoms with Gasteiger partial charge < -0.3 is 20.2 Å². The molecule has 0 fully saturated rings. The molecule has 0 amide bonds. The van der Waals surface area contributed by atoms with Gasteiger partial charge in [0.2, 0.25) is 0 Å². The molecule has 0 aliphatic rings. The van der Waals surface area contributed by atoms with Crippen LogP contribution in [0.5, 0.6) is 5.75 Å². The van der Waals surface area contributed by atoms with Crippen molar-refractivity contribution in [1.29, 1.82) is 0 Å². The van der Waals surface area contributed by atoms with E-state index in [1.807, 2.05) is 48.5 Å². The molecule has 0 saturated carbocycles. The minimum atomic E-state index is -0.353. The Morgan fingerprint density at radius 2 is 1.96 bits per heavy atom. The Kier molecular flexibility index (Phi) is 5.36. The van der Waals surface area contributed by atoms with Gasteiger partial charge in [-0.05, 0) is 49.2 Å². The van der Waals surface area contributed by atoms with E-state index in [9.17, 15) is 4.79 Å². The van der Waals surface area contributed by atoms with E-state index in [4.69, 9.17) is 15.2 Å². The van der Waals surface area contributed by atoms with Crippen LogP contribution in [0.3, 0.4) is 0 Å². The number of carbonyl (C=O) groups is 1. The van der Waals surface area contributed by atoms with Crippen molar-refractivity contribution in [3.05, 3.63) is 65.4 Å². The number of nitrogens with two attached hydrogens (primary N) is 1. The minimum Gasteiger partial charge on any atom is -0.489 e. The third-order valence-electron chi connectivity index (χ3n) is 4.00. The Labute approximate surface area is 146 Å². The maximum Gasteiger partial charge on any atom is 0.355 e. The molecule has 3 N–H and O–H groups in total. The fourth-order valence-electron chi connectivity index (χ4n) is 2.84. The summed E-state index contributed by atoms with van der Waals surface area (Å²) in [5.74, 6) is 0.401. The van der Waals surface area contributed by atoms with Gasteiger partial charge in [-0.1, -0.05) is 30.3 Å². The van der Waals surface area contributed by atoms with Crippen LogP contribution in [-0.2, 0) is 17.8 Å². The standard InChI is InChI=1S/C20H22N2O3/c1-2-24-20(23)19-16(10-11-21)17-12-15(8-9-18(17)22-19)25-13-14-6-4-3-5-7-14/h3-9,12,22H,2,10-11,13,21H2,1H3. The summed E-state index contributed by atoms with van der Waals surface area (Å²) in [5.41, 5.74) is 9.06. The van der Waals surface area contributed by atoms with Gasteiger partial charge in [0, 0.05) is 10.9 Å². The quantitative estimate of drug-likeness (QED) is 0.647. The predicted octanol–water partition coefficient (Wildman–Crippen LogP) is 3.42. The molecule has 0 aliphatic carbocycles. The molecule has 1 aromatic heterocycles. The van der Waals surface area contributed by atoms with Crippen molar-refractivity contribution in [3.8, 4) is 5.75 Å². The molecule has 0 spiro atoms. The van der Waals surface area contributed by atoms with Crippen LogP contribution < -0.4 is 10.5 Å². The molecule has 0 bridgehead atoms. The fourth-order valence-corrected chi connectivity index (χ4v) is 2.84. The zero-order valence-corrected chi connectivity index (χ0v) is 14.2. The van der Waals surface area contributed by atoms with E-state index in [0.29, 0.717) is 31.9 Å². The first kappa shape index (κ1) is 17.0. The van der Waals surface area contributed by atoms with Gasteiger partial charge in [-0.2, -0.15) is 0 Å². The fraction of sp³-hybridized carbons (Fsp3) is 0.250. The first-order valence-corrected chi connectivity index (χ1v) is 8.41. The summed E-state index contributed by atoms with van der Waals surface area (Å²) >= 11 is 0. The molecule has 3 aromatic rings. The third kappa shape index (κ3) is 3.83. The van der Waals surface area contributed by atoms with Crippen LogP contribution in [0.1, 0.15) is 28.5 Å². The topological polar surface area (TPSA) is 77.3 Å². The van der Waals surface area contributed by atoms with Gasteiger partial charge in [-0.25, -0.2) is 4.79 Å². The number of nitrogens with one attached hydrogen (secondary N) is 1. The number of rotatable bonds is 7. The predicted molar refractivity (Wildman–Crippen MR) is 97.8 cm³/mol. The lowest BCUT2D eigenvalue weighted by Crippen LogP contribution is -2.10. The van der Waals surface area contributed by atoms with Crippen molar-refractivity contribution in [2.75, 3.05) is 13.2 Å². The average molecular weight is 338 g/mol. The van der Waals surface area contributed by atoms with Crippen molar-refractivity contribution in [2.45, 2.75) is 20.0 Å². The third-order valence-corrected chi connectivity index (χ3v) is 4.00. The number of esters is 1. The molecule has 0 unspecified atom stereocenters. The summed E-state index contributed by atoms with van der Waals surface area (Å²) in [7, 11) is 0. The molecule has 0 atom stereocenters. The van der Waals surface area contributed by atoms with E-state index in [0.717, 1.165) is 27.8 Å². The summed E-state index contributed by atoms with van der Waals surface area (Å²) in [5, 5.41) is 0.944. The first-order chi connectivity index (χ1) is 12.2. The zero-order chi connectivity index (χ0) is 17.6. The van der Waals surface area contributed by atoms with Crippen molar-refractivity contribution < 1.29 is 14.3 Å². The average Bonchev–Trinajstić information content (AvgIpc) is 2.99. The van der Waals surface area contributed by atoms with Gasteiger partial charge in [0.05, 0.1) is 6.61 Å². The van der Waals surface area contributed by atoms with Crippen LogP contribution in [-0.4, -0.2) is 24.1 Å². The highest BCUT2D eigenvalue weighted by molar-refractivity contribution is 5.98. The number of H-pyrrole nitrogens is 1. The van der Waals surface area contributed by atoms with Gasteiger partial charge in [-0.15, -0.1) is 0 Å². The van der Waals surface area contributed by atoms with E-state index < -0.39 is 0 Å². The lowest BCUT2D eigenvalue weighted by molar-refractivity contribution is 0.0519. The van der Waals surface area contributed by atoms with Crippen LogP contribution in [0, 0.1) is 0 Å². The molecule has 3 rings (SSSR count). The Hall–Kier alpha value is -2.79. The van der Waals surface area contributed by atoms with E-state index >= 15 is 0 Å². The van der Waals surface area contributed by atoms with E-state index in [-0.39, 0.29) is 5.97 Å². The molecular weight excluding hydrogens is 316 g/mol. The van der Waals surface area contributed by atoms with Crippen LogP contribution in [0.25, 0.3) is 10.9 Å². The van der Waals surface area contributed by atoms with Gasteiger partial charge in [-0.3, -0.25) is 0 Å². The summed E-state index contributed by atoms with van der Waals surface area (Å²) in [4.78, 5) is 15.3. The number of aromatic nitrogens is 1. The number of aromatic amines is 1. The number of hydrogen-bond acceptors (Lipinski definition) is 4. The molecule has 0 saturated heterocycles. The number of ether oxygens (including phenoxy) is 2. The van der Waals surface area contributed by atoms with Crippen LogP contribution in [0.4, 0.5) is 0 Å². The molecule has 5 heteroatoms. The van der Waals surface area contributed by atoms with E-state index in [1.165, 1.54) is 0 Å². The summed E-state index contributed by atoms with van der Waals surface area (Å²) in [6.07, 6.45) is 0.594. The summed E-state index contributed by atoms with van der Waals surface area (Å²) in [6.45, 7) is 3.07. The largest absolute Gasteiger partial charge is 0.489 e. The first-order valence-electron chi connectivity index (χ1n) is 8.41. The molecule has 25 heavy (non-hydrogen) atoms. The monoisotopic (exact) mass is 338 g/mol. The second-order valence-electron chi connectivity index (χ2n) is 5.72. The summed E-state index contributed by atoms with van der Waals surface area (Å²) in [6, 6.07) is 15.7. The Balaban J connectivity index is 1.90. The number of carbonyl (C=O) groups excluding carboxylic acids is 1. The Bertz CT molecular complexity index is 856. The van der Waals surface area contributed by atoms with E-state index in [1.54, 1.807) is 6.92 Å². The number of hydrogen-bond donors (Lipinski definition) is 2. The van der Waals surface area contributed by atoms with Gasteiger partial charge in [0.15, 0.2) is 0 Å². The second kappa shape index (κ2) is 7.85. The highest BCUT2D eigenvalue weighted by Gasteiger charge is 2.18. The van der Waals surface area contributed by atoms with Crippen molar-refractivity contribution in [3.63, 3.8) is 0 Å². The zero-order valence-electron chi connectivity index (χ0n) is 14.2. The lowest BCUT2D eigenvalue weighted by atomic mass is 10.1. The van der Waals surface area contributed by atoms with E-state index in [2.05, 4.69) is 4.98 Å². The molecular formula is C20H22N2O3. The smallest absolute Gasteiger partial charge is 0.355 e. The summed E-state index contributed by atoms with van der Waals surface area (Å²) < 4.78 is 11.0. The molecule has 1 heterocycles. The van der Waals surface area contributed by atoms with Gasteiger partial charge in [0.1, 0.15) is 18.1 Å². The van der Waals surface area contributed by atoms with Crippen LogP contribution in [0.2, 0.25) is 0 Å². The SMILES string of the molecule is CCOC(=O)c1[nH]c2ccc(OCc3ccccc3)cc2c1CCN. The molecule has 5 nitrogen and oxygen atoms in total. The second-order valence-corrected chi connectivity index (χ2v) is 5.72. The Morgan fingerprint density at radius 1 is 1.16 bits per heavy atom. The van der Waals surface area contributed by atoms with Gasteiger partial charge in [0.25, 0.3) is 0 Å². The highest BCUT2D eigenvalue weighted by Crippen LogP contribution is 2.28. The van der Waals surface area contributed by atoms with Crippen molar-refractivity contribution >= 4 is 16.9 Å². The molecule has 2 aromatic carbocycles. The molecule has 0 aliphatic heterocycles. The van der Waals surface area contributed by atoms with Crippen LogP contribution >= 0.6 is 0 Å². The lowest BCUT2D eigenvalue weighted by Gasteiger charge is -2.07. The molecule has 0 radical (unpaired) electrons. The molecule has 130 valence electrons. The Morgan fingerprint density at radius 3 is 2.68 bits per heavy atom. The maximum absolute atomic E-state index is 12.2. The van der Waals surface area contributed by atoms with Gasteiger partial charge >= 0.3 is 5.97 Å². The normalized spacial score (nSPS) is 10.8. The number of benzene rings is 2. The highest BCUT2D eigenvalue weighted by atomic mass is 16.5. The maximum atomic E-state index is 12.2.